The lowest BCUT2D eigenvalue weighted by Crippen LogP contribution is -2.31. The smallest absolute Gasteiger partial charge is 0.122 e. The first-order valence-corrected chi connectivity index (χ1v) is 6.27. The van der Waals surface area contributed by atoms with Crippen molar-refractivity contribution in [2.24, 2.45) is 11.7 Å². The van der Waals surface area contributed by atoms with Gasteiger partial charge in [-0.2, -0.15) is 0 Å². The minimum absolute atomic E-state index is 0.269. The van der Waals surface area contributed by atoms with E-state index in [1.807, 2.05) is 0 Å². The van der Waals surface area contributed by atoms with Gasteiger partial charge in [-0.25, -0.2) is 0 Å². The SMILES string of the molecule is CCc1ccc(C(CN)N2CCC(C)C2)o1. The zero-order chi connectivity index (χ0) is 11.5. The molecule has 2 rings (SSSR count). The van der Waals surface area contributed by atoms with E-state index in [4.69, 9.17) is 10.2 Å². The van der Waals surface area contributed by atoms with E-state index in [0.717, 1.165) is 36.9 Å². The molecule has 2 N–H and O–H groups in total. The van der Waals surface area contributed by atoms with Crippen LogP contribution >= 0.6 is 0 Å². The number of furan rings is 1. The molecule has 90 valence electrons. The van der Waals surface area contributed by atoms with E-state index in [2.05, 4.69) is 30.9 Å². The molecule has 16 heavy (non-hydrogen) atoms. The summed E-state index contributed by atoms with van der Waals surface area (Å²) in [4.78, 5) is 2.45. The monoisotopic (exact) mass is 222 g/mol. The number of nitrogens with two attached hydrogens (primary N) is 1. The molecule has 3 nitrogen and oxygen atoms in total. The molecule has 2 heterocycles. The Labute approximate surface area is 97.6 Å². The number of hydrogen-bond acceptors (Lipinski definition) is 3. The highest BCUT2D eigenvalue weighted by Gasteiger charge is 2.27. The fourth-order valence-corrected chi connectivity index (χ4v) is 2.46. The predicted molar refractivity (Wildman–Crippen MR) is 65.2 cm³/mol. The van der Waals surface area contributed by atoms with Crippen LogP contribution in [0.5, 0.6) is 0 Å². The Morgan fingerprint density at radius 2 is 2.38 bits per heavy atom. The summed E-state index contributed by atoms with van der Waals surface area (Å²) >= 11 is 0. The van der Waals surface area contributed by atoms with Crippen molar-refractivity contribution in [2.45, 2.75) is 32.7 Å². The minimum atomic E-state index is 0.269. The van der Waals surface area contributed by atoms with Gasteiger partial charge in [0.1, 0.15) is 11.5 Å². The summed E-state index contributed by atoms with van der Waals surface area (Å²) in [5.74, 6) is 2.88. The summed E-state index contributed by atoms with van der Waals surface area (Å²) in [7, 11) is 0. The van der Waals surface area contributed by atoms with Gasteiger partial charge in [0.2, 0.25) is 0 Å². The van der Waals surface area contributed by atoms with Crippen LogP contribution in [0, 0.1) is 5.92 Å². The first-order valence-electron chi connectivity index (χ1n) is 6.27. The van der Waals surface area contributed by atoms with Gasteiger partial charge in [-0.15, -0.1) is 0 Å². The van der Waals surface area contributed by atoms with Gasteiger partial charge in [0.15, 0.2) is 0 Å². The maximum atomic E-state index is 5.88. The number of aryl methyl sites for hydroxylation is 1. The summed E-state index contributed by atoms with van der Waals surface area (Å²) < 4.78 is 5.81. The van der Waals surface area contributed by atoms with Crippen molar-refractivity contribution in [3.8, 4) is 0 Å². The highest BCUT2D eigenvalue weighted by Crippen LogP contribution is 2.28. The minimum Gasteiger partial charge on any atom is -0.464 e. The van der Waals surface area contributed by atoms with Crippen molar-refractivity contribution in [1.29, 1.82) is 0 Å². The standard InChI is InChI=1S/C13H22N2O/c1-3-11-4-5-13(16-11)12(8-14)15-7-6-10(2)9-15/h4-5,10,12H,3,6-9,14H2,1-2H3. The Bertz CT molecular complexity index is 334. The van der Waals surface area contributed by atoms with Crippen molar-refractivity contribution in [3.05, 3.63) is 23.7 Å². The van der Waals surface area contributed by atoms with E-state index in [-0.39, 0.29) is 6.04 Å². The molecule has 1 saturated heterocycles. The van der Waals surface area contributed by atoms with Crippen LogP contribution in [-0.2, 0) is 6.42 Å². The van der Waals surface area contributed by atoms with Crippen LogP contribution in [0.4, 0.5) is 0 Å². The van der Waals surface area contributed by atoms with E-state index in [0.29, 0.717) is 6.54 Å². The molecule has 2 atom stereocenters. The normalized spacial score (nSPS) is 23.8. The molecular weight excluding hydrogens is 200 g/mol. The summed E-state index contributed by atoms with van der Waals surface area (Å²) in [5.41, 5.74) is 5.88. The molecule has 1 aliphatic heterocycles. The molecule has 0 aromatic carbocycles. The molecule has 0 bridgehead atoms. The van der Waals surface area contributed by atoms with Crippen LogP contribution in [0.25, 0.3) is 0 Å². The average molecular weight is 222 g/mol. The third-order valence-electron chi connectivity index (χ3n) is 3.48. The molecule has 3 heteroatoms. The highest BCUT2D eigenvalue weighted by molar-refractivity contribution is 5.12. The van der Waals surface area contributed by atoms with Gasteiger partial charge >= 0.3 is 0 Å². The second-order valence-corrected chi connectivity index (χ2v) is 4.80. The van der Waals surface area contributed by atoms with E-state index >= 15 is 0 Å². The molecule has 0 saturated carbocycles. The predicted octanol–water partition coefficient (Wildman–Crippen LogP) is 2.18. The Hall–Kier alpha value is -0.800. The summed E-state index contributed by atoms with van der Waals surface area (Å²) in [6, 6.07) is 4.42. The number of hydrogen-bond donors (Lipinski definition) is 1. The lowest BCUT2D eigenvalue weighted by Gasteiger charge is -2.24. The fourth-order valence-electron chi connectivity index (χ4n) is 2.46. The molecular formula is C13H22N2O. The zero-order valence-corrected chi connectivity index (χ0v) is 10.3. The van der Waals surface area contributed by atoms with Gasteiger partial charge in [-0.3, -0.25) is 4.90 Å². The molecule has 1 fully saturated rings. The number of likely N-dealkylation sites (tertiary alicyclic amines) is 1. The van der Waals surface area contributed by atoms with Crippen LogP contribution in [0.15, 0.2) is 16.5 Å². The molecule has 0 spiro atoms. The van der Waals surface area contributed by atoms with Gasteiger partial charge in [0.05, 0.1) is 6.04 Å². The Morgan fingerprint density at radius 1 is 1.56 bits per heavy atom. The fraction of sp³-hybridized carbons (Fsp3) is 0.692. The molecule has 0 radical (unpaired) electrons. The zero-order valence-electron chi connectivity index (χ0n) is 10.3. The summed E-state index contributed by atoms with van der Waals surface area (Å²) in [6.07, 6.45) is 2.23. The van der Waals surface area contributed by atoms with Gasteiger partial charge in [-0.05, 0) is 31.0 Å². The van der Waals surface area contributed by atoms with Crippen LogP contribution in [-0.4, -0.2) is 24.5 Å². The lowest BCUT2D eigenvalue weighted by molar-refractivity contribution is 0.212. The summed E-state index contributed by atoms with van der Waals surface area (Å²) in [6.45, 7) is 7.34. The maximum absolute atomic E-state index is 5.88. The van der Waals surface area contributed by atoms with Crippen LogP contribution < -0.4 is 5.73 Å². The molecule has 1 aliphatic rings. The van der Waals surface area contributed by atoms with E-state index in [1.54, 1.807) is 0 Å². The first kappa shape index (κ1) is 11.7. The molecule has 2 unspecified atom stereocenters. The van der Waals surface area contributed by atoms with Crippen molar-refractivity contribution in [2.75, 3.05) is 19.6 Å². The Balaban J connectivity index is 2.09. The molecule has 1 aromatic rings. The average Bonchev–Trinajstić information content (AvgIpc) is 2.89. The number of rotatable bonds is 4. The largest absolute Gasteiger partial charge is 0.464 e. The van der Waals surface area contributed by atoms with Crippen molar-refractivity contribution in [3.63, 3.8) is 0 Å². The second-order valence-electron chi connectivity index (χ2n) is 4.80. The van der Waals surface area contributed by atoms with Gasteiger partial charge in [0, 0.05) is 19.5 Å². The molecule has 0 aliphatic carbocycles. The van der Waals surface area contributed by atoms with E-state index in [9.17, 15) is 0 Å². The second kappa shape index (κ2) is 5.02. The molecule has 1 aromatic heterocycles. The first-order chi connectivity index (χ1) is 7.74. The van der Waals surface area contributed by atoms with Crippen LogP contribution in [0.1, 0.15) is 37.8 Å². The van der Waals surface area contributed by atoms with Crippen molar-refractivity contribution >= 4 is 0 Å². The lowest BCUT2D eigenvalue weighted by atomic mass is 10.1. The van der Waals surface area contributed by atoms with Crippen molar-refractivity contribution < 1.29 is 4.42 Å². The van der Waals surface area contributed by atoms with Crippen LogP contribution in [0.3, 0.4) is 0 Å². The van der Waals surface area contributed by atoms with Gasteiger partial charge in [-0.1, -0.05) is 13.8 Å². The van der Waals surface area contributed by atoms with Crippen molar-refractivity contribution in [1.82, 2.24) is 4.90 Å². The maximum Gasteiger partial charge on any atom is 0.122 e. The quantitative estimate of drug-likeness (QED) is 0.849. The molecule has 0 amide bonds. The van der Waals surface area contributed by atoms with Gasteiger partial charge in [0.25, 0.3) is 0 Å². The van der Waals surface area contributed by atoms with E-state index < -0.39 is 0 Å². The van der Waals surface area contributed by atoms with Gasteiger partial charge < -0.3 is 10.2 Å². The Kier molecular flexibility index (Phi) is 3.66. The van der Waals surface area contributed by atoms with Crippen LogP contribution in [0.2, 0.25) is 0 Å². The summed E-state index contributed by atoms with van der Waals surface area (Å²) in [5, 5.41) is 0. The van der Waals surface area contributed by atoms with E-state index in [1.165, 1.54) is 6.42 Å². The number of nitrogens with zero attached hydrogens (tertiary/aromatic N) is 1. The Morgan fingerprint density at radius 3 is 2.88 bits per heavy atom. The third kappa shape index (κ3) is 2.30. The highest BCUT2D eigenvalue weighted by atomic mass is 16.3. The third-order valence-corrected chi connectivity index (χ3v) is 3.48. The topological polar surface area (TPSA) is 42.4 Å².